The third kappa shape index (κ3) is 3.21. The molecule has 0 aliphatic carbocycles. The van der Waals surface area contributed by atoms with Crippen molar-refractivity contribution in [3.05, 3.63) is 52.3 Å². The van der Waals surface area contributed by atoms with Crippen LogP contribution in [-0.4, -0.2) is 16.8 Å². The second-order valence-electron chi connectivity index (χ2n) is 4.35. The molecule has 1 aromatic heterocycles. The molecule has 96 valence electrons. The lowest BCUT2D eigenvalue weighted by Gasteiger charge is -2.10. The number of hydrogen-bond acceptors (Lipinski definition) is 2. The Morgan fingerprint density at radius 3 is 2.67 bits per heavy atom. The minimum atomic E-state index is 0.392. The van der Waals surface area contributed by atoms with Crippen LogP contribution in [0.4, 0.5) is 0 Å². The van der Waals surface area contributed by atoms with Gasteiger partial charge in [0.25, 0.3) is 0 Å². The summed E-state index contributed by atoms with van der Waals surface area (Å²) in [5, 5.41) is 7.71. The van der Waals surface area contributed by atoms with Crippen LogP contribution in [0.2, 0.25) is 0 Å². The zero-order valence-electron chi connectivity index (χ0n) is 10.7. The third-order valence-electron chi connectivity index (χ3n) is 3.07. The second kappa shape index (κ2) is 6.16. The van der Waals surface area contributed by atoms with Crippen molar-refractivity contribution in [2.24, 2.45) is 0 Å². The highest BCUT2D eigenvalue weighted by atomic mass is 79.9. The summed E-state index contributed by atoms with van der Waals surface area (Å²) in [4.78, 5) is 0. The molecule has 0 aliphatic heterocycles. The normalized spacial score (nSPS) is 12.6. The number of hydrogen-bond donors (Lipinski definition) is 1. The van der Waals surface area contributed by atoms with Crippen LogP contribution < -0.4 is 5.32 Å². The minimum Gasteiger partial charge on any atom is -0.313 e. The molecule has 0 aliphatic rings. The van der Waals surface area contributed by atoms with Gasteiger partial charge in [-0.3, -0.25) is 4.68 Å². The van der Waals surface area contributed by atoms with Gasteiger partial charge >= 0.3 is 0 Å². The van der Waals surface area contributed by atoms with Crippen molar-refractivity contribution in [2.45, 2.75) is 25.9 Å². The summed E-state index contributed by atoms with van der Waals surface area (Å²) < 4.78 is 3.09. The summed E-state index contributed by atoms with van der Waals surface area (Å²) in [6.07, 6.45) is 5.14. The number of benzene rings is 1. The van der Waals surface area contributed by atoms with E-state index in [0.29, 0.717) is 6.04 Å². The Morgan fingerprint density at radius 1 is 1.33 bits per heavy atom. The van der Waals surface area contributed by atoms with Gasteiger partial charge in [-0.05, 0) is 31.2 Å². The molecule has 2 aromatic rings. The fourth-order valence-corrected chi connectivity index (χ4v) is 2.29. The fourth-order valence-electron chi connectivity index (χ4n) is 2.03. The number of nitrogens with zero attached hydrogens (tertiary/aromatic N) is 2. The summed E-state index contributed by atoms with van der Waals surface area (Å²) in [5.41, 5.74) is 2.50. The monoisotopic (exact) mass is 307 g/mol. The van der Waals surface area contributed by atoms with Crippen molar-refractivity contribution in [1.82, 2.24) is 15.1 Å². The van der Waals surface area contributed by atoms with Crippen molar-refractivity contribution in [2.75, 3.05) is 7.05 Å². The lowest BCUT2D eigenvalue weighted by Crippen LogP contribution is -2.14. The van der Waals surface area contributed by atoms with Gasteiger partial charge in [0, 0.05) is 22.3 Å². The van der Waals surface area contributed by atoms with Crippen LogP contribution in [0.25, 0.3) is 0 Å². The first-order valence-electron chi connectivity index (χ1n) is 6.17. The first-order chi connectivity index (χ1) is 8.72. The molecule has 1 unspecified atom stereocenters. The second-order valence-corrected chi connectivity index (χ2v) is 5.26. The molecule has 0 saturated heterocycles. The van der Waals surface area contributed by atoms with E-state index in [1.165, 1.54) is 11.1 Å². The average molecular weight is 308 g/mol. The van der Waals surface area contributed by atoms with Crippen molar-refractivity contribution >= 4 is 15.9 Å². The van der Waals surface area contributed by atoms with Gasteiger partial charge in [-0.1, -0.05) is 35.0 Å². The molecule has 1 aromatic carbocycles. The molecule has 1 heterocycles. The molecule has 2 rings (SSSR count). The third-order valence-corrected chi connectivity index (χ3v) is 3.60. The van der Waals surface area contributed by atoms with Gasteiger partial charge in [0.15, 0.2) is 0 Å². The Hall–Kier alpha value is -1.13. The molecule has 18 heavy (non-hydrogen) atoms. The summed E-state index contributed by atoms with van der Waals surface area (Å²) in [5.74, 6) is 0. The lowest BCUT2D eigenvalue weighted by atomic mass is 10.1. The Bertz CT molecular complexity index is 486. The number of halogens is 1. The Labute approximate surface area is 116 Å². The number of rotatable bonds is 5. The quantitative estimate of drug-likeness (QED) is 0.918. The zero-order valence-corrected chi connectivity index (χ0v) is 12.3. The van der Waals surface area contributed by atoms with E-state index < -0.39 is 0 Å². The Morgan fingerprint density at radius 2 is 2.06 bits per heavy atom. The highest BCUT2D eigenvalue weighted by Gasteiger charge is 2.08. The number of nitrogens with one attached hydrogen (secondary N) is 1. The van der Waals surface area contributed by atoms with Gasteiger partial charge in [-0.2, -0.15) is 5.10 Å². The van der Waals surface area contributed by atoms with Crippen LogP contribution in [0.5, 0.6) is 0 Å². The van der Waals surface area contributed by atoms with E-state index in [0.717, 1.165) is 17.4 Å². The Balaban J connectivity index is 2.08. The first kappa shape index (κ1) is 13.3. The largest absolute Gasteiger partial charge is 0.313 e. The predicted molar refractivity (Wildman–Crippen MR) is 77.6 cm³/mol. The minimum absolute atomic E-state index is 0.392. The predicted octanol–water partition coefficient (Wildman–Crippen LogP) is 3.36. The maximum absolute atomic E-state index is 4.42. The van der Waals surface area contributed by atoms with Crippen LogP contribution in [0, 0.1) is 0 Å². The molecular weight excluding hydrogens is 290 g/mol. The maximum atomic E-state index is 4.42. The van der Waals surface area contributed by atoms with Crippen molar-refractivity contribution < 1.29 is 0 Å². The van der Waals surface area contributed by atoms with Crippen LogP contribution >= 0.6 is 15.9 Å². The van der Waals surface area contributed by atoms with Gasteiger partial charge in [0.2, 0.25) is 0 Å². The van der Waals surface area contributed by atoms with Gasteiger partial charge in [-0.25, -0.2) is 0 Å². The van der Waals surface area contributed by atoms with E-state index in [9.17, 15) is 0 Å². The van der Waals surface area contributed by atoms with E-state index in [1.54, 1.807) is 0 Å². The van der Waals surface area contributed by atoms with E-state index in [2.05, 4.69) is 63.7 Å². The van der Waals surface area contributed by atoms with Crippen molar-refractivity contribution in [3.63, 3.8) is 0 Å². The fraction of sp³-hybridized carbons (Fsp3) is 0.357. The zero-order chi connectivity index (χ0) is 13.0. The summed E-state index contributed by atoms with van der Waals surface area (Å²) in [6, 6.07) is 8.73. The van der Waals surface area contributed by atoms with Gasteiger partial charge in [-0.15, -0.1) is 0 Å². The molecule has 3 nitrogen and oxygen atoms in total. The van der Waals surface area contributed by atoms with Gasteiger partial charge < -0.3 is 5.32 Å². The van der Waals surface area contributed by atoms with Crippen LogP contribution in [0.1, 0.15) is 30.5 Å². The molecule has 1 atom stereocenters. The van der Waals surface area contributed by atoms with Gasteiger partial charge in [0.05, 0.1) is 12.7 Å². The average Bonchev–Trinajstić information content (AvgIpc) is 2.82. The van der Waals surface area contributed by atoms with Crippen molar-refractivity contribution in [1.29, 1.82) is 0 Å². The molecule has 0 bridgehead atoms. The smallest absolute Gasteiger partial charge is 0.0659 e. The standard InChI is InChI=1S/C14H18BrN3/c1-3-14(16-2)12-8-17-18(10-12)9-11-4-6-13(15)7-5-11/h4-8,10,14,16H,3,9H2,1-2H3. The summed E-state index contributed by atoms with van der Waals surface area (Å²) >= 11 is 3.44. The first-order valence-corrected chi connectivity index (χ1v) is 6.96. The molecule has 0 saturated carbocycles. The highest BCUT2D eigenvalue weighted by Crippen LogP contribution is 2.16. The van der Waals surface area contributed by atoms with Crippen molar-refractivity contribution in [3.8, 4) is 0 Å². The topological polar surface area (TPSA) is 29.9 Å². The van der Waals surface area contributed by atoms with Gasteiger partial charge in [0.1, 0.15) is 0 Å². The maximum Gasteiger partial charge on any atom is 0.0659 e. The van der Waals surface area contributed by atoms with E-state index in [-0.39, 0.29) is 0 Å². The molecule has 1 N–H and O–H groups in total. The summed E-state index contributed by atoms with van der Waals surface area (Å²) in [6.45, 7) is 2.99. The van der Waals surface area contributed by atoms with E-state index in [4.69, 9.17) is 0 Å². The SMILES string of the molecule is CCC(NC)c1cnn(Cc2ccc(Br)cc2)c1. The van der Waals surface area contributed by atoms with Crippen LogP contribution in [0.3, 0.4) is 0 Å². The molecule has 4 heteroatoms. The molecule has 0 fully saturated rings. The molecule has 0 amide bonds. The van der Waals surface area contributed by atoms with Crippen LogP contribution in [0.15, 0.2) is 41.1 Å². The van der Waals surface area contributed by atoms with E-state index in [1.807, 2.05) is 17.9 Å². The highest BCUT2D eigenvalue weighted by molar-refractivity contribution is 9.10. The molecular formula is C14H18BrN3. The van der Waals surface area contributed by atoms with Crippen LogP contribution in [-0.2, 0) is 6.54 Å². The molecule has 0 spiro atoms. The molecule has 0 radical (unpaired) electrons. The lowest BCUT2D eigenvalue weighted by molar-refractivity contribution is 0.575. The Kier molecular flexibility index (Phi) is 4.55. The number of aromatic nitrogens is 2. The summed E-state index contributed by atoms with van der Waals surface area (Å²) in [7, 11) is 1.99. The van der Waals surface area contributed by atoms with E-state index >= 15 is 0 Å².